The van der Waals surface area contributed by atoms with Gasteiger partial charge in [0, 0.05) is 18.1 Å². The molecule has 0 radical (unpaired) electrons. The van der Waals surface area contributed by atoms with Crippen LogP contribution >= 0.6 is 11.8 Å². The molecule has 1 amide bonds. The van der Waals surface area contributed by atoms with E-state index in [0.717, 1.165) is 18.1 Å². The molecule has 0 aliphatic carbocycles. The van der Waals surface area contributed by atoms with Crippen molar-refractivity contribution in [3.63, 3.8) is 0 Å². The highest BCUT2D eigenvalue weighted by Gasteiger charge is 2.20. The minimum absolute atomic E-state index is 0.0461. The molecular formula is C9H16N2O3S. The second kappa shape index (κ2) is 6.68. The molecule has 0 saturated carbocycles. The van der Waals surface area contributed by atoms with E-state index in [4.69, 9.17) is 4.74 Å². The van der Waals surface area contributed by atoms with E-state index in [1.165, 1.54) is 0 Å². The fourth-order valence-corrected chi connectivity index (χ4v) is 2.16. The van der Waals surface area contributed by atoms with Crippen LogP contribution in [-0.4, -0.2) is 49.1 Å². The molecule has 0 bridgehead atoms. The second-order valence-corrected chi connectivity index (χ2v) is 4.25. The molecule has 1 rings (SSSR count). The zero-order valence-electron chi connectivity index (χ0n) is 8.75. The van der Waals surface area contributed by atoms with Gasteiger partial charge in [-0.15, -0.1) is 0 Å². The number of carbonyl (C=O) groups is 2. The first-order valence-corrected chi connectivity index (χ1v) is 6.14. The molecule has 2 N–H and O–H groups in total. The molecule has 0 aromatic carbocycles. The summed E-state index contributed by atoms with van der Waals surface area (Å²) in [5.74, 6) is 1.26. The van der Waals surface area contributed by atoms with Crippen LogP contribution in [0.1, 0.15) is 6.92 Å². The van der Waals surface area contributed by atoms with Gasteiger partial charge in [0.2, 0.25) is 5.91 Å². The number of rotatable bonds is 4. The first-order chi connectivity index (χ1) is 7.24. The standard InChI is InChI=1S/C9H16N2O3S/c1-2-14-8(12)5-11-9(13)7-6-15-4-3-10-7/h7,10H,2-6H2,1H3,(H,11,13). The van der Waals surface area contributed by atoms with Gasteiger partial charge in [-0.1, -0.05) is 0 Å². The number of hydrogen-bond acceptors (Lipinski definition) is 5. The normalized spacial score (nSPS) is 20.7. The van der Waals surface area contributed by atoms with Crippen LogP contribution in [0.25, 0.3) is 0 Å². The largest absolute Gasteiger partial charge is 0.465 e. The van der Waals surface area contributed by atoms with Crippen molar-refractivity contribution in [3.05, 3.63) is 0 Å². The van der Waals surface area contributed by atoms with Gasteiger partial charge >= 0.3 is 5.97 Å². The fraction of sp³-hybridized carbons (Fsp3) is 0.778. The van der Waals surface area contributed by atoms with Crippen LogP contribution in [0.5, 0.6) is 0 Å². The molecule has 0 aromatic rings. The number of hydrogen-bond donors (Lipinski definition) is 2. The number of amides is 1. The lowest BCUT2D eigenvalue weighted by molar-refractivity contribution is -0.143. The first-order valence-electron chi connectivity index (χ1n) is 4.98. The molecule has 1 fully saturated rings. The van der Waals surface area contributed by atoms with Gasteiger partial charge in [-0.25, -0.2) is 0 Å². The fourth-order valence-electron chi connectivity index (χ4n) is 1.23. The molecule has 15 heavy (non-hydrogen) atoms. The maximum Gasteiger partial charge on any atom is 0.325 e. The van der Waals surface area contributed by atoms with Crippen molar-refractivity contribution in [2.75, 3.05) is 31.2 Å². The molecule has 86 valence electrons. The summed E-state index contributed by atoms with van der Waals surface area (Å²) in [5, 5.41) is 5.64. The van der Waals surface area contributed by atoms with Crippen LogP contribution in [0.4, 0.5) is 0 Å². The van der Waals surface area contributed by atoms with E-state index < -0.39 is 5.97 Å². The summed E-state index contributed by atoms with van der Waals surface area (Å²) in [6, 6.07) is -0.182. The zero-order valence-corrected chi connectivity index (χ0v) is 9.56. The van der Waals surface area contributed by atoms with Gasteiger partial charge in [0.15, 0.2) is 0 Å². The molecule has 0 spiro atoms. The molecule has 6 heteroatoms. The Morgan fingerprint density at radius 1 is 1.60 bits per heavy atom. The molecule has 1 saturated heterocycles. The van der Waals surface area contributed by atoms with Gasteiger partial charge in [0.1, 0.15) is 6.54 Å². The Labute approximate surface area is 93.3 Å². The molecule has 1 atom stereocenters. The number of thioether (sulfide) groups is 1. The Morgan fingerprint density at radius 2 is 2.40 bits per heavy atom. The lowest BCUT2D eigenvalue weighted by Crippen LogP contribution is -2.50. The van der Waals surface area contributed by atoms with E-state index in [1.54, 1.807) is 18.7 Å². The monoisotopic (exact) mass is 232 g/mol. The van der Waals surface area contributed by atoms with E-state index in [9.17, 15) is 9.59 Å². The highest BCUT2D eigenvalue weighted by molar-refractivity contribution is 7.99. The van der Waals surface area contributed by atoms with Crippen molar-refractivity contribution in [1.82, 2.24) is 10.6 Å². The molecule has 1 aliphatic heterocycles. The average molecular weight is 232 g/mol. The van der Waals surface area contributed by atoms with Gasteiger partial charge < -0.3 is 15.4 Å². The van der Waals surface area contributed by atoms with Gasteiger partial charge in [0.05, 0.1) is 12.6 Å². The van der Waals surface area contributed by atoms with Crippen LogP contribution in [0.3, 0.4) is 0 Å². The minimum Gasteiger partial charge on any atom is -0.465 e. The Bertz CT molecular complexity index is 229. The predicted octanol–water partition coefficient (Wildman–Crippen LogP) is -0.629. The summed E-state index contributed by atoms with van der Waals surface area (Å²) in [7, 11) is 0. The average Bonchev–Trinajstić information content (AvgIpc) is 2.27. The number of nitrogens with one attached hydrogen (secondary N) is 2. The summed E-state index contributed by atoms with van der Waals surface area (Å²) in [4.78, 5) is 22.5. The summed E-state index contributed by atoms with van der Waals surface area (Å²) in [6.07, 6.45) is 0. The van der Waals surface area contributed by atoms with E-state index in [2.05, 4.69) is 10.6 Å². The Hall–Kier alpha value is -0.750. The highest BCUT2D eigenvalue weighted by atomic mass is 32.2. The molecule has 1 unspecified atom stereocenters. The zero-order chi connectivity index (χ0) is 11.1. The second-order valence-electron chi connectivity index (χ2n) is 3.10. The molecule has 0 aromatic heterocycles. The third-order valence-corrected chi connectivity index (χ3v) is 3.01. The smallest absolute Gasteiger partial charge is 0.325 e. The minimum atomic E-state index is -0.394. The lowest BCUT2D eigenvalue weighted by Gasteiger charge is -2.21. The third kappa shape index (κ3) is 4.53. The number of carbonyl (C=O) groups excluding carboxylic acids is 2. The Morgan fingerprint density at radius 3 is 3.00 bits per heavy atom. The van der Waals surface area contributed by atoms with Gasteiger partial charge in [0.25, 0.3) is 0 Å². The molecule has 5 nitrogen and oxygen atoms in total. The summed E-state index contributed by atoms with van der Waals surface area (Å²) in [5.41, 5.74) is 0. The van der Waals surface area contributed by atoms with E-state index in [0.29, 0.717) is 6.61 Å². The maximum absolute atomic E-state index is 11.5. The van der Waals surface area contributed by atoms with Crippen molar-refractivity contribution >= 4 is 23.6 Å². The highest BCUT2D eigenvalue weighted by Crippen LogP contribution is 2.07. The van der Waals surface area contributed by atoms with Crippen molar-refractivity contribution < 1.29 is 14.3 Å². The van der Waals surface area contributed by atoms with Crippen LogP contribution < -0.4 is 10.6 Å². The summed E-state index contributed by atoms with van der Waals surface area (Å²) in [6.45, 7) is 2.86. The van der Waals surface area contributed by atoms with Gasteiger partial charge in [-0.2, -0.15) is 11.8 Å². The van der Waals surface area contributed by atoms with E-state index in [-0.39, 0.29) is 18.5 Å². The number of ether oxygens (including phenoxy) is 1. The summed E-state index contributed by atoms with van der Waals surface area (Å²) < 4.78 is 4.70. The first kappa shape index (κ1) is 12.3. The molecular weight excluding hydrogens is 216 g/mol. The number of esters is 1. The Balaban J connectivity index is 2.19. The van der Waals surface area contributed by atoms with Gasteiger partial charge in [-0.05, 0) is 6.92 Å². The maximum atomic E-state index is 11.5. The van der Waals surface area contributed by atoms with Crippen molar-refractivity contribution in [2.45, 2.75) is 13.0 Å². The van der Waals surface area contributed by atoms with E-state index in [1.807, 2.05) is 0 Å². The predicted molar refractivity (Wildman–Crippen MR) is 58.8 cm³/mol. The van der Waals surface area contributed by atoms with Crippen LogP contribution in [0.2, 0.25) is 0 Å². The molecule has 1 heterocycles. The lowest BCUT2D eigenvalue weighted by atomic mass is 10.3. The van der Waals surface area contributed by atoms with Crippen LogP contribution in [0, 0.1) is 0 Å². The Kier molecular flexibility index (Phi) is 5.49. The van der Waals surface area contributed by atoms with E-state index >= 15 is 0 Å². The van der Waals surface area contributed by atoms with Gasteiger partial charge in [-0.3, -0.25) is 9.59 Å². The topological polar surface area (TPSA) is 67.4 Å². The third-order valence-electron chi connectivity index (χ3n) is 1.95. The quantitative estimate of drug-likeness (QED) is 0.632. The summed E-state index contributed by atoms with van der Waals surface area (Å²) >= 11 is 1.74. The van der Waals surface area contributed by atoms with Crippen molar-refractivity contribution in [2.24, 2.45) is 0 Å². The van der Waals surface area contributed by atoms with Crippen molar-refractivity contribution in [1.29, 1.82) is 0 Å². The van der Waals surface area contributed by atoms with Crippen LogP contribution in [-0.2, 0) is 14.3 Å². The SMILES string of the molecule is CCOC(=O)CNC(=O)C1CSCCN1. The van der Waals surface area contributed by atoms with Crippen LogP contribution in [0.15, 0.2) is 0 Å². The molecule has 1 aliphatic rings. The van der Waals surface area contributed by atoms with Crippen molar-refractivity contribution in [3.8, 4) is 0 Å².